The van der Waals surface area contributed by atoms with Gasteiger partial charge in [-0.2, -0.15) is 0 Å². The number of aryl methyl sites for hydroxylation is 1. The molecule has 3 N–H and O–H groups in total. The summed E-state index contributed by atoms with van der Waals surface area (Å²) in [6.45, 7) is 3.41. The number of ether oxygens (including phenoxy) is 1. The highest BCUT2D eigenvalue weighted by molar-refractivity contribution is 5.94. The fraction of sp³-hybridized carbons (Fsp3) is 0.533. The van der Waals surface area contributed by atoms with E-state index in [-0.39, 0.29) is 11.3 Å². The number of methoxy groups -OCH3 is 1. The molecule has 4 heteroatoms. The number of nitrogens with two attached hydrogens (primary N) is 1. The Bertz CT molecular complexity index is 467. The van der Waals surface area contributed by atoms with Gasteiger partial charge in [-0.05, 0) is 55.4 Å². The van der Waals surface area contributed by atoms with Crippen molar-refractivity contribution in [3.63, 3.8) is 0 Å². The first-order chi connectivity index (χ1) is 9.06. The highest BCUT2D eigenvalue weighted by Crippen LogP contribution is 2.48. The van der Waals surface area contributed by atoms with E-state index in [0.29, 0.717) is 5.56 Å². The van der Waals surface area contributed by atoms with Gasteiger partial charge in [0.2, 0.25) is 0 Å². The highest BCUT2D eigenvalue weighted by Gasteiger charge is 2.42. The van der Waals surface area contributed by atoms with Crippen molar-refractivity contribution in [2.75, 3.05) is 26.0 Å². The second-order valence-electron chi connectivity index (χ2n) is 5.50. The topological polar surface area (TPSA) is 64.3 Å². The number of benzene rings is 1. The molecule has 0 atom stereocenters. The van der Waals surface area contributed by atoms with E-state index in [1.54, 1.807) is 19.2 Å². The lowest BCUT2D eigenvalue weighted by molar-refractivity contribution is 0.0938. The van der Waals surface area contributed by atoms with Crippen LogP contribution in [0.3, 0.4) is 0 Å². The minimum absolute atomic E-state index is 0.0215. The summed E-state index contributed by atoms with van der Waals surface area (Å²) in [4.78, 5) is 12.1. The number of amides is 1. The van der Waals surface area contributed by atoms with Crippen LogP contribution >= 0.6 is 0 Å². The van der Waals surface area contributed by atoms with E-state index in [2.05, 4.69) is 5.32 Å². The fourth-order valence-corrected chi connectivity index (χ4v) is 2.20. The summed E-state index contributed by atoms with van der Waals surface area (Å²) in [5, 5.41) is 3.02. The molecule has 1 saturated carbocycles. The highest BCUT2D eigenvalue weighted by atomic mass is 16.5. The molecule has 0 heterocycles. The van der Waals surface area contributed by atoms with Gasteiger partial charge in [0.1, 0.15) is 0 Å². The summed E-state index contributed by atoms with van der Waals surface area (Å²) < 4.78 is 5.11. The van der Waals surface area contributed by atoms with Gasteiger partial charge in [0.15, 0.2) is 0 Å². The molecule has 0 bridgehead atoms. The van der Waals surface area contributed by atoms with E-state index in [1.165, 1.54) is 12.8 Å². The van der Waals surface area contributed by atoms with E-state index in [9.17, 15) is 4.79 Å². The van der Waals surface area contributed by atoms with Crippen molar-refractivity contribution < 1.29 is 9.53 Å². The van der Waals surface area contributed by atoms with E-state index < -0.39 is 0 Å². The van der Waals surface area contributed by atoms with Gasteiger partial charge in [0.05, 0.1) is 0 Å². The number of hydrogen-bond acceptors (Lipinski definition) is 3. The molecule has 1 amide bonds. The van der Waals surface area contributed by atoms with E-state index in [4.69, 9.17) is 10.5 Å². The molecule has 0 aromatic heterocycles. The first kappa shape index (κ1) is 13.9. The Hall–Kier alpha value is -1.55. The van der Waals surface area contributed by atoms with Gasteiger partial charge in [-0.1, -0.05) is 0 Å². The molecule has 104 valence electrons. The molecule has 1 aromatic carbocycles. The van der Waals surface area contributed by atoms with Crippen LogP contribution in [0, 0.1) is 12.3 Å². The Morgan fingerprint density at radius 3 is 2.79 bits per heavy atom. The normalized spacial score (nSPS) is 16.1. The predicted molar refractivity (Wildman–Crippen MR) is 76.1 cm³/mol. The molecule has 1 aromatic rings. The lowest BCUT2D eigenvalue weighted by Gasteiger charge is -2.15. The minimum atomic E-state index is -0.0215. The third kappa shape index (κ3) is 3.47. The average Bonchev–Trinajstić information content (AvgIpc) is 3.17. The summed E-state index contributed by atoms with van der Waals surface area (Å²) in [7, 11) is 1.71. The minimum Gasteiger partial charge on any atom is -0.399 e. The first-order valence-corrected chi connectivity index (χ1v) is 6.70. The van der Waals surface area contributed by atoms with Crippen molar-refractivity contribution in [3.8, 4) is 0 Å². The van der Waals surface area contributed by atoms with E-state index >= 15 is 0 Å². The molecule has 19 heavy (non-hydrogen) atoms. The molecule has 0 radical (unpaired) electrons. The van der Waals surface area contributed by atoms with Crippen molar-refractivity contribution in [2.45, 2.75) is 26.2 Å². The number of carbonyl (C=O) groups excluding carboxylic acids is 1. The molecule has 0 aliphatic heterocycles. The smallest absolute Gasteiger partial charge is 0.251 e. The third-order valence-corrected chi connectivity index (χ3v) is 3.95. The predicted octanol–water partition coefficient (Wildman–Crippen LogP) is 2.12. The maximum atomic E-state index is 12.1. The summed E-state index contributed by atoms with van der Waals surface area (Å²) in [5.74, 6) is -0.0215. The molecule has 2 rings (SSSR count). The molecule has 4 nitrogen and oxygen atoms in total. The molecule has 0 spiro atoms. The van der Waals surface area contributed by atoms with Crippen LogP contribution in [-0.2, 0) is 4.74 Å². The molecule has 1 aliphatic rings. The number of hydrogen-bond donors (Lipinski definition) is 2. The van der Waals surface area contributed by atoms with Crippen molar-refractivity contribution in [1.29, 1.82) is 0 Å². The molecule has 1 aliphatic carbocycles. The van der Waals surface area contributed by atoms with Crippen LogP contribution in [0.2, 0.25) is 0 Å². The van der Waals surface area contributed by atoms with Crippen LogP contribution in [-0.4, -0.2) is 26.2 Å². The maximum absolute atomic E-state index is 12.1. The van der Waals surface area contributed by atoms with Gasteiger partial charge < -0.3 is 15.8 Å². The van der Waals surface area contributed by atoms with Crippen molar-refractivity contribution in [1.82, 2.24) is 5.32 Å². The fourth-order valence-electron chi connectivity index (χ4n) is 2.20. The Balaban J connectivity index is 1.89. The number of nitrogens with one attached hydrogen (secondary N) is 1. The molecule has 1 fully saturated rings. The lowest BCUT2D eigenvalue weighted by atomic mass is 10.0. The molecular weight excluding hydrogens is 240 g/mol. The van der Waals surface area contributed by atoms with Gasteiger partial charge >= 0.3 is 0 Å². The van der Waals surface area contributed by atoms with Crippen LogP contribution < -0.4 is 11.1 Å². The largest absolute Gasteiger partial charge is 0.399 e. The SMILES string of the molecule is COCCC1(CNC(=O)c2ccc(N)c(C)c2)CC1. The Morgan fingerprint density at radius 1 is 1.47 bits per heavy atom. The zero-order valence-electron chi connectivity index (χ0n) is 11.7. The van der Waals surface area contributed by atoms with Gasteiger partial charge in [0, 0.05) is 31.5 Å². The van der Waals surface area contributed by atoms with E-state index in [1.807, 2.05) is 13.0 Å². The summed E-state index contributed by atoms with van der Waals surface area (Å²) in [6, 6.07) is 5.38. The van der Waals surface area contributed by atoms with E-state index in [0.717, 1.165) is 30.8 Å². The van der Waals surface area contributed by atoms with Crippen LogP contribution in [0.25, 0.3) is 0 Å². The zero-order valence-corrected chi connectivity index (χ0v) is 11.7. The van der Waals surface area contributed by atoms with Crippen molar-refractivity contribution in [3.05, 3.63) is 29.3 Å². The monoisotopic (exact) mass is 262 g/mol. The van der Waals surface area contributed by atoms with Gasteiger partial charge in [0.25, 0.3) is 5.91 Å². The van der Waals surface area contributed by atoms with Crippen LogP contribution in [0.4, 0.5) is 5.69 Å². The number of anilines is 1. The van der Waals surface area contributed by atoms with Gasteiger partial charge in [-0.25, -0.2) is 0 Å². The van der Waals surface area contributed by atoms with Gasteiger partial charge in [-0.3, -0.25) is 4.79 Å². The zero-order chi connectivity index (χ0) is 13.9. The maximum Gasteiger partial charge on any atom is 0.251 e. The quantitative estimate of drug-likeness (QED) is 0.772. The lowest BCUT2D eigenvalue weighted by Crippen LogP contribution is -2.30. The average molecular weight is 262 g/mol. The third-order valence-electron chi connectivity index (χ3n) is 3.95. The summed E-state index contributed by atoms with van der Waals surface area (Å²) in [5.41, 5.74) is 8.35. The number of carbonyl (C=O) groups is 1. The first-order valence-electron chi connectivity index (χ1n) is 6.70. The molecule has 0 saturated heterocycles. The van der Waals surface area contributed by atoms with Crippen molar-refractivity contribution in [2.24, 2.45) is 5.41 Å². The van der Waals surface area contributed by atoms with Crippen LogP contribution in [0.15, 0.2) is 18.2 Å². The molecule has 0 unspecified atom stereocenters. The van der Waals surface area contributed by atoms with Crippen molar-refractivity contribution >= 4 is 11.6 Å². The summed E-state index contributed by atoms with van der Waals surface area (Å²) in [6.07, 6.45) is 3.37. The van der Waals surface area contributed by atoms with Crippen LogP contribution in [0.5, 0.6) is 0 Å². The number of rotatable bonds is 6. The summed E-state index contributed by atoms with van der Waals surface area (Å²) >= 11 is 0. The second-order valence-corrected chi connectivity index (χ2v) is 5.50. The molecular formula is C15H22N2O2. The number of nitrogen functional groups attached to an aromatic ring is 1. The second kappa shape index (κ2) is 5.61. The van der Waals surface area contributed by atoms with Crippen LogP contribution in [0.1, 0.15) is 35.2 Å². The standard InChI is InChI=1S/C15H22N2O2/c1-11-9-12(3-4-13(11)16)14(18)17-10-15(5-6-15)7-8-19-2/h3-4,9H,5-8,10,16H2,1-2H3,(H,17,18). The van der Waals surface area contributed by atoms with Gasteiger partial charge in [-0.15, -0.1) is 0 Å². The Labute approximate surface area is 114 Å². The Morgan fingerprint density at radius 2 is 2.21 bits per heavy atom. The Kier molecular flexibility index (Phi) is 4.10.